The summed E-state index contributed by atoms with van der Waals surface area (Å²) in [5, 5.41) is 0. The first kappa shape index (κ1) is 10.4. The Morgan fingerprint density at radius 3 is 3.00 bits per heavy atom. The van der Waals surface area contributed by atoms with Crippen LogP contribution in [0.25, 0.3) is 6.08 Å². The Morgan fingerprint density at radius 2 is 2.36 bits per heavy atom. The van der Waals surface area contributed by atoms with E-state index in [2.05, 4.69) is 4.98 Å². The lowest BCUT2D eigenvalue weighted by molar-refractivity contribution is 0.0953. The highest BCUT2D eigenvalue weighted by molar-refractivity contribution is 5.93. The molecule has 14 heavy (non-hydrogen) atoms. The van der Waals surface area contributed by atoms with Gasteiger partial charge < -0.3 is 5.73 Å². The zero-order valence-electron chi connectivity index (χ0n) is 7.60. The maximum absolute atomic E-state index is 11.1. The lowest BCUT2D eigenvalue weighted by atomic mass is 10.2. The van der Waals surface area contributed by atoms with E-state index in [1.165, 1.54) is 6.20 Å². The lowest BCUT2D eigenvalue weighted by Crippen LogP contribution is -2.30. The third-order valence-electron chi connectivity index (χ3n) is 1.60. The highest BCUT2D eigenvalue weighted by atomic mass is 16.2. The quantitative estimate of drug-likeness (QED) is 0.347. The van der Waals surface area contributed by atoms with Crippen molar-refractivity contribution in [2.45, 2.75) is 0 Å². The van der Waals surface area contributed by atoms with E-state index in [0.717, 1.165) is 5.56 Å². The molecule has 0 fully saturated rings. The molecule has 74 valence electrons. The van der Waals surface area contributed by atoms with Crippen LogP contribution in [0.2, 0.25) is 0 Å². The molecule has 0 saturated heterocycles. The van der Waals surface area contributed by atoms with Crippen molar-refractivity contribution in [1.82, 2.24) is 10.4 Å². The van der Waals surface area contributed by atoms with Gasteiger partial charge >= 0.3 is 0 Å². The van der Waals surface area contributed by atoms with Crippen LogP contribution in [0.3, 0.4) is 0 Å². The Hall–Kier alpha value is -1.72. The van der Waals surface area contributed by atoms with E-state index >= 15 is 0 Å². The van der Waals surface area contributed by atoms with Crippen LogP contribution in [0.15, 0.2) is 24.5 Å². The molecule has 1 aromatic heterocycles. The van der Waals surface area contributed by atoms with Gasteiger partial charge in [0.1, 0.15) is 0 Å². The van der Waals surface area contributed by atoms with E-state index in [9.17, 15) is 4.79 Å². The van der Waals surface area contributed by atoms with Crippen LogP contribution in [-0.4, -0.2) is 17.4 Å². The van der Waals surface area contributed by atoms with Gasteiger partial charge in [-0.2, -0.15) is 0 Å². The molecule has 0 spiro atoms. The zero-order valence-corrected chi connectivity index (χ0v) is 7.60. The molecule has 0 bridgehead atoms. The van der Waals surface area contributed by atoms with Gasteiger partial charge in [0.05, 0.1) is 5.56 Å². The molecule has 5 heteroatoms. The maximum Gasteiger partial charge on any atom is 0.266 e. The van der Waals surface area contributed by atoms with E-state index in [-0.39, 0.29) is 5.91 Å². The highest BCUT2D eigenvalue weighted by Crippen LogP contribution is 2.04. The minimum absolute atomic E-state index is 0.361. The average molecular weight is 192 g/mol. The minimum Gasteiger partial charge on any atom is -0.327 e. The van der Waals surface area contributed by atoms with E-state index in [0.29, 0.717) is 12.1 Å². The molecule has 5 nitrogen and oxygen atoms in total. The molecule has 0 aliphatic rings. The summed E-state index contributed by atoms with van der Waals surface area (Å²) < 4.78 is 0. The first-order chi connectivity index (χ1) is 6.77. The molecule has 0 saturated carbocycles. The molecular formula is C9H12N4O. The molecule has 0 aliphatic heterocycles. The van der Waals surface area contributed by atoms with Crippen molar-refractivity contribution in [3.8, 4) is 0 Å². The summed E-state index contributed by atoms with van der Waals surface area (Å²) in [6, 6.07) is 1.68. The van der Waals surface area contributed by atoms with E-state index in [1.807, 2.05) is 5.43 Å². The van der Waals surface area contributed by atoms with Gasteiger partial charge in [-0.1, -0.05) is 12.2 Å². The average Bonchev–Trinajstić information content (AvgIpc) is 2.25. The predicted molar refractivity (Wildman–Crippen MR) is 54.0 cm³/mol. The molecule has 0 aliphatic carbocycles. The summed E-state index contributed by atoms with van der Waals surface area (Å²) in [5.74, 6) is 4.63. The van der Waals surface area contributed by atoms with Crippen molar-refractivity contribution in [3.63, 3.8) is 0 Å². The molecule has 0 radical (unpaired) electrons. The number of hydrogen-bond donors (Lipinski definition) is 3. The van der Waals surface area contributed by atoms with Crippen molar-refractivity contribution in [3.05, 3.63) is 35.7 Å². The molecule has 0 unspecified atom stereocenters. The van der Waals surface area contributed by atoms with Gasteiger partial charge in [-0.3, -0.25) is 15.2 Å². The second-order valence-corrected chi connectivity index (χ2v) is 2.62. The van der Waals surface area contributed by atoms with Crippen molar-refractivity contribution < 1.29 is 4.79 Å². The van der Waals surface area contributed by atoms with Crippen LogP contribution in [0.4, 0.5) is 0 Å². The van der Waals surface area contributed by atoms with Crippen molar-refractivity contribution in [2.75, 3.05) is 6.54 Å². The van der Waals surface area contributed by atoms with Crippen molar-refractivity contribution in [1.29, 1.82) is 0 Å². The van der Waals surface area contributed by atoms with E-state index in [1.54, 1.807) is 24.4 Å². The fourth-order valence-electron chi connectivity index (χ4n) is 0.961. The van der Waals surface area contributed by atoms with Crippen LogP contribution in [0.1, 0.15) is 15.9 Å². The van der Waals surface area contributed by atoms with Gasteiger partial charge in [-0.15, -0.1) is 0 Å². The molecule has 0 aromatic carbocycles. The molecule has 5 N–H and O–H groups in total. The fraction of sp³-hybridized carbons (Fsp3) is 0.111. The first-order valence-electron chi connectivity index (χ1n) is 4.10. The maximum atomic E-state index is 11.1. The Morgan fingerprint density at radius 1 is 1.57 bits per heavy atom. The number of hydrazine groups is 1. The Balaban J connectivity index is 2.89. The van der Waals surface area contributed by atoms with Crippen LogP contribution in [-0.2, 0) is 0 Å². The molecule has 1 heterocycles. The summed E-state index contributed by atoms with van der Waals surface area (Å²) in [6.07, 6.45) is 6.66. The number of carbonyl (C=O) groups excluding carboxylic acids is 1. The number of carbonyl (C=O) groups is 1. The Labute approximate surface area is 81.8 Å². The summed E-state index contributed by atoms with van der Waals surface area (Å²) >= 11 is 0. The van der Waals surface area contributed by atoms with Gasteiger partial charge in [0, 0.05) is 18.9 Å². The summed E-state index contributed by atoms with van der Waals surface area (Å²) in [6.45, 7) is 0.452. The molecule has 1 aromatic rings. The second-order valence-electron chi connectivity index (χ2n) is 2.62. The number of hydrogen-bond acceptors (Lipinski definition) is 4. The standard InChI is InChI=1S/C9H12N4O/c10-3-1-2-7-4-8(6-12-5-7)9(14)13-11/h1-2,4-6H,3,10-11H2,(H,13,14). The number of rotatable bonds is 3. The van der Waals surface area contributed by atoms with Gasteiger partial charge in [0.15, 0.2) is 0 Å². The van der Waals surface area contributed by atoms with Crippen LogP contribution < -0.4 is 17.0 Å². The smallest absolute Gasteiger partial charge is 0.266 e. The molecule has 0 atom stereocenters. The van der Waals surface area contributed by atoms with E-state index in [4.69, 9.17) is 11.6 Å². The molecule has 1 amide bonds. The SMILES string of the molecule is NCC=Cc1cncc(C(=O)NN)c1. The highest BCUT2D eigenvalue weighted by Gasteiger charge is 2.02. The van der Waals surface area contributed by atoms with Gasteiger partial charge in [-0.05, 0) is 11.6 Å². The molecule has 1 rings (SSSR count). The van der Waals surface area contributed by atoms with E-state index < -0.39 is 0 Å². The predicted octanol–water partition coefficient (Wildman–Crippen LogP) is -0.343. The fourth-order valence-corrected chi connectivity index (χ4v) is 0.961. The first-order valence-corrected chi connectivity index (χ1v) is 4.10. The van der Waals surface area contributed by atoms with Gasteiger partial charge in [-0.25, -0.2) is 5.84 Å². The number of nitrogens with zero attached hydrogens (tertiary/aromatic N) is 1. The number of aromatic nitrogens is 1. The Bertz CT molecular complexity index is 348. The zero-order chi connectivity index (χ0) is 10.4. The Kier molecular flexibility index (Phi) is 3.78. The minimum atomic E-state index is -0.361. The number of nitrogens with two attached hydrogens (primary N) is 2. The number of nitrogen functional groups attached to an aromatic ring is 1. The van der Waals surface area contributed by atoms with Crippen LogP contribution in [0.5, 0.6) is 0 Å². The summed E-state index contributed by atoms with van der Waals surface area (Å²) in [7, 11) is 0. The second kappa shape index (κ2) is 5.11. The monoisotopic (exact) mass is 192 g/mol. The summed E-state index contributed by atoms with van der Waals surface area (Å²) in [4.78, 5) is 15.0. The largest absolute Gasteiger partial charge is 0.327 e. The third kappa shape index (κ3) is 2.65. The normalized spacial score (nSPS) is 10.4. The van der Waals surface area contributed by atoms with Gasteiger partial charge in [0.2, 0.25) is 0 Å². The van der Waals surface area contributed by atoms with Crippen LogP contribution >= 0.6 is 0 Å². The number of amides is 1. The summed E-state index contributed by atoms with van der Waals surface area (Å²) in [5.41, 5.74) is 8.57. The van der Waals surface area contributed by atoms with Gasteiger partial charge in [0.25, 0.3) is 5.91 Å². The number of nitrogens with one attached hydrogen (secondary N) is 1. The third-order valence-corrected chi connectivity index (χ3v) is 1.60. The van der Waals surface area contributed by atoms with Crippen molar-refractivity contribution >= 4 is 12.0 Å². The van der Waals surface area contributed by atoms with Crippen LogP contribution in [0, 0.1) is 0 Å². The topological polar surface area (TPSA) is 94.0 Å². The molecular weight excluding hydrogens is 180 g/mol. The lowest BCUT2D eigenvalue weighted by Gasteiger charge is -1.99. The number of pyridine rings is 1. The van der Waals surface area contributed by atoms with Crippen molar-refractivity contribution in [2.24, 2.45) is 11.6 Å².